The van der Waals surface area contributed by atoms with Crippen molar-refractivity contribution in [2.24, 2.45) is 5.92 Å². The van der Waals surface area contributed by atoms with Crippen molar-refractivity contribution in [2.75, 3.05) is 14.1 Å². The predicted molar refractivity (Wildman–Crippen MR) is 141 cm³/mol. The minimum absolute atomic E-state index is 0.178. The van der Waals surface area contributed by atoms with E-state index in [1.807, 2.05) is 43.3 Å². The van der Waals surface area contributed by atoms with Crippen LogP contribution in [0.4, 0.5) is 0 Å². The molecule has 3 aromatic carbocycles. The Morgan fingerprint density at radius 3 is 1.69 bits per heavy atom. The molecule has 3 aromatic rings. The van der Waals surface area contributed by atoms with E-state index in [4.69, 9.17) is 0 Å². The highest BCUT2D eigenvalue weighted by atomic mass is 32.2. The van der Waals surface area contributed by atoms with Crippen LogP contribution in [0.2, 0.25) is 0 Å². The van der Waals surface area contributed by atoms with Gasteiger partial charge in [0.25, 0.3) is 0 Å². The van der Waals surface area contributed by atoms with Gasteiger partial charge in [0, 0.05) is 25.7 Å². The van der Waals surface area contributed by atoms with Crippen LogP contribution in [0, 0.1) is 12.8 Å². The highest BCUT2D eigenvalue weighted by molar-refractivity contribution is 7.85. The first-order valence-electron chi connectivity index (χ1n) is 12.7. The minimum atomic E-state index is -4.27. The number of aryl methyl sites for hydroxylation is 1. The number of aliphatic hydroxyl groups is 1. The van der Waals surface area contributed by atoms with E-state index >= 15 is 0 Å². The average molecular weight is 508 g/mol. The first-order valence-corrected chi connectivity index (χ1v) is 14.1. The van der Waals surface area contributed by atoms with Crippen LogP contribution in [-0.4, -0.2) is 48.7 Å². The number of nitrogens with zero attached hydrogens (tertiary/aromatic N) is 1. The number of quaternary nitrogens is 1. The van der Waals surface area contributed by atoms with Crippen molar-refractivity contribution in [1.82, 2.24) is 0 Å². The maximum atomic E-state index is 11.8. The summed E-state index contributed by atoms with van der Waals surface area (Å²) in [5.41, 5.74) is 2.08. The third kappa shape index (κ3) is 5.73. The summed E-state index contributed by atoms with van der Waals surface area (Å²) in [6.07, 6.45) is 6.01. The van der Waals surface area contributed by atoms with Crippen molar-refractivity contribution in [1.29, 1.82) is 0 Å². The zero-order valence-corrected chi connectivity index (χ0v) is 22.2. The Morgan fingerprint density at radius 2 is 1.28 bits per heavy atom. The Hall–Kier alpha value is -2.51. The molecule has 36 heavy (non-hydrogen) atoms. The topological polar surface area (TPSA) is 77.4 Å². The van der Waals surface area contributed by atoms with Crippen molar-refractivity contribution in [3.63, 3.8) is 0 Å². The summed E-state index contributed by atoms with van der Waals surface area (Å²) in [7, 11) is 0.534. The Labute approximate surface area is 215 Å². The van der Waals surface area contributed by atoms with Gasteiger partial charge in [0.05, 0.1) is 31.1 Å². The van der Waals surface area contributed by atoms with Gasteiger partial charge in [-0.05, 0) is 42.5 Å². The van der Waals surface area contributed by atoms with E-state index in [0.29, 0.717) is 5.92 Å². The molecule has 0 aliphatic carbocycles. The largest absolute Gasteiger partial charge is 0.744 e. The molecular weight excluding hydrogens is 470 g/mol. The van der Waals surface area contributed by atoms with Gasteiger partial charge in [0.15, 0.2) is 0 Å². The van der Waals surface area contributed by atoms with Crippen LogP contribution in [0.3, 0.4) is 0 Å². The van der Waals surface area contributed by atoms with E-state index in [1.54, 1.807) is 12.1 Å². The number of benzene rings is 3. The fourth-order valence-electron chi connectivity index (χ4n) is 6.11. The lowest BCUT2D eigenvalue weighted by Gasteiger charge is -2.46. The van der Waals surface area contributed by atoms with Gasteiger partial charge in [-0.3, -0.25) is 0 Å². The van der Waals surface area contributed by atoms with Gasteiger partial charge < -0.3 is 14.1 Å². The normalized spacial score (nSPS) is 23.0. The van der Waals surface area contributed by atoms with Crippen molar-refractivity contribution in [3.05, 3.63) is 102 Å². The lowest BCUT2D eigenvalue weighted by molar-refractivity contribution is -0.931. The van der Waals surface area contributed by atoms with E-state index in [9.17, 15) is 18.1 Å². The molecule has 2 heterocycles. The monoisotopic (exact) mass is 507 g/mol. The summed E-state index contributed by atoms with van der Waals surface area (Å²) in [6, 6.07) is 27.8. The summed E-state index contributed by atoms with van der Waals surface area (Å²) in [5.74, 6) is 0.592. The second-order valence-corrected chi connectivity index (χ2v) is 12.3. The number of piperidine rings is 1. The molecule has 2 fully saturated rings. The molecule has 2 saturated heterocycles. The van der Waals surface area contributed by atoms with Crippen LogP contribution in [0.5, 0.6) is 0 Å². The van der Waals surface area contributed by atoms with Crippen LogP contribution in [0.15, 0.2) is 89.8 Å². The number of hydrogen-bond acceptors (Lipinski definition) is 4. The molecule has 6 heteroatoms. The van der Waals surface area contributed by atoms with Crippen LogP contribution in [-0.2, 0) is 15.7 Å². The van der Waals surface area contributed by atoms with Gasteiger partial charge >= 0.3 is 0 Å². The van der Waals surface area contributed by atoms with Gasteiger partial charge in [0.2, 0.25) is 0 Å². The molecule has 0 unspecified atom stereocenters. The lowest BCUT2D eigenvalue weighted by atomic mass is 9.75. The smallest absolute Gasteiger partial charge is 0.124 e. The maximum Gasteiger partial charge on any atom is 0.124 e. The molecule has 3 atom stereocenters. The van der Waals surface area contributed by atoms with Gasteiger partial charge in [-0.2, -0.15) is 0 Å². The molecule has 0 radical (unpaired) electrons. The van der Waals surface area contributed by atoms with Crippen LogP contribution in [0.25, 0.3) is 0 Å². The molecule has 192 valence electrons. The van der Waals surface area contributed by atoms with E-state index in [1.165, 1.54) is 42.3 Å². The molecule has 2 aliphatic heterocycles. The molecule has 2 aliphatic rings. The van der Waals surface area contributed by atoms with E-state index in [0.717, 1.165) is 35.2 Å². The minimum Gasteiger partial charge on any atom is -0.744 e. The number of hydrogen-bond donors (Lipinski definition) is 1. The highest BCUT2D eigenvalue weighted by Crippen LogP contribution is 2.47. The van der Waals surface area contributed by atoms with Crippen LogP contribution >= 0.6 is 0 Å². The fourth-order valence-corrected chi connectivity index (χ4v) is 6.58. The van der Waals surface area contributed by atoms with Gasteiger partial charge in [-0.15, -0.1) is 0 Å². The van der Waals surface area contributed by atoms with Crippen LogP contribution in [0.1, 0.15) is 48.8 Å². The maximum absolute atomic E-state index is 11.8. The summed E-state index contributed by atoms with van der Waals surface area (Å²) < 4.78 is 32.4. The Kier molecular flexibility index (Phi) is 7.72. The first kappa shape index (κ1) is 26.6. The fraction of sp³-hybridized carbons (Fsp3) is 0.400. The van der Waals surface area contributed by atoms with Gasteiger partial charge in [-0.1, -0.05) is 78.4 Å². The molecule has 5 rings (SSSR count). The molecule has 1 N–H and O–H groups in total. The quantitative estimate of drug-likeness (QED) is 0.379. The highest BCUT2D eigenvalue weighted by Gasteiger charge is 2.50. The number of fused-ring (bicyclic) bond motifs is 2. The SMILES string of the molecule is C[N+]1(C)[C@@H]2CC[C@H]1C[C@@H](CC(O)(c1ccccc1)c1ccccc1)C2.Cc1ccc(S(=O)(=O)[O-])cc1. The third-order valence-corrected chi connectivity index (χ3v) is 9.17. The molecule has 0 spiro atoms. The zero-order valence-electron chi connectivity index (χ0n) is 21.4. The average Bonchev–Trinajstić information content (AvgIpc) is 3.01. The molecule has 2 bridgehead atoms. The van der Waals surface area contributed by atoms with Crippen LogP contribution < -0.4 is 0 Å². The molecule has 0 amide bonds. The third-order valence-electron chi connectivity index (χ3n) is 8.32. The standard InChI is InChI=1S/C23H30NO.C7H8O3S/c1-24(2)21-13-14-22(24)16-18(15-21)17-23(25,19-9-5-3-6-10-19)20-11-7-4-8-12-20;1-6-2-4-7(5-3-6)11(8,9)10/h3-12,18,21-22,25H,13-17H2,1-2H3;2-5H,1H3,(H,8,9,10)/q+1;/p-1/t18-,21+,22-;. The first-order chi connectivity index (χ1) is 17.0. The van der Waals surface area contributed by atoms with E-state index in [-0.39, 0.29) is 4.90 Å². The van der Waals surface area contributed by atoms with Crippen molar-refractivity contribution >= 4 is 10.1 Å². The molecular formula is C30H37NO4S. The van der Waals surface area contributed by atoms with Gasteiger partial charge in [0.1, 0.15) is 15.7 Å². The second-order valence-electron chi connectivity index (χ2n) is 10.9. The number of rotatable bonds is 5. The Balaban J connectivity index is 0.000000233. The van der Waals surface area contributed by atoms with Gasteiger partial charge in [-0.25, -0.2) is 8.42 Å². The Morgan fingerprint density at radius 1 is 0.833 bits per heavy atom. The molecule has 0 saturated carbocycles. The summed E-state index contributed by atoms with van der Waals surface area (Å²) in [5, 5.41) is 11.8. The summed E-state index contributed by atoms with van der Waals surface area (Å²) in [6.45, 7) is 1.82. The van der Waals surface area contributed by atoms with E-state index < -0.39 is 15.7 Å². The molecule has 0 aromatic heterocycles. The second kappa shape index (κ2) is 10.5. The Bertz CT molecular complexity index is 1190. The zero-order chi connectivity index (χ0) is 26.0. The summed E-state index contributed by atoms with van der Waals surface area (Å²) >= 11 is 0. The van der Waals surface area contributed by atoms with Crippen molar-refractivity contribution in [2.45, 2.75) is 61.6 Å². The van der Waals surface area contributed by atoms with Crippen molar-refractivity contribution in [3.8, 4) is 0 Å². The van der Waals surface area contributed by atoms with E-state index in [2.05, 4.69) is 38.4 Å². The predicted octanol–water partition coefficient (Wildman–Crippen LogP) is 5.23. The molecule has 5 nitrogen and oxygen atoms in total. The summed E-state index contributed by atoms with van der Waals surface area (Å²) in [4.78, 5) is -0.178. The van der Waals surface area contributed by atoms with Crippen molar-refractivity contribution < 1.29 is 22.6 Å². The lowest BCUT2D eigenvalue weighted by Crippen LogP contribution is -2.55.